The van der Waals surface area contributed by atoms with Crippen molar-refractivity contribution in [3.63, 3.8) is 0 Å². The molecule has 0 bridgehead atoms. The molecule has 1 rings (SSSR count). The molecule has 3 heteroatoms. The van der Waals surface area contributed by atoms with Gasteiger partial charge in [0.25, 0.3) is 0 Å². The third-order valence-corrected chi connectivity index (χ3v) is 2.64. The quantitative estimate of drug-likeness (QED) is 0.784. The van der Waals surface area contributed by atoms with Gasteiger partial charge in [-0.2, -0.15) is 5.26 Å². The second kappa shape index (κ2) is 5.04. The largest absolute Gasteiger partial charge is 0.495 e. The molecule has 0 saturated heterocycles. The van der Waals surface area contributed by atoms with E-state index in [0.717, 1.165) is 5.56 Å². The standard InChI is InChI=1S/C12H14ClNO/c1-8(2)10(7-14)9-4-5-12(15-3)11(13)6-9/h4-6,8,10H,1-3H3. The summed E-state index contributed by atoms with van der Waals surface area (Å²) in [6.45, 7) is 4.04. The van der Waals surface area contributed by atoms with Gasteiger partial charge in [0.05, 0.1) is 24.1 Å². The Morgan fingerprint density at radius 1 is 1.40 bits per heavy atom. The molecule has 0 heterocycles. The topological polar surface area (TPSA) is 33.0 Å². The highest BCUT2D eigenvalue weighted by Crippen LogP contribution is 2.31. The van der Waals surface area contributed by atoms with Gasteiger partial charge >= 0.3 is 0 Å². The molecule has 0 N–H and O–H groups in total. The molecule has 0 aliphatic carbocycles. The van der Waals surface area contributed by atoms with E-state index in [1.165, 1.54) is 0 Å². The first-order chi connectivity index (χ1) is 7.10. The zero-order valence-corrected chi connectivity index (χ0v) is 9.88. The lowest BCUT2D eigenvalue weighted by atomic mass is 9.90. The maximum atomic E-state index is 9.04. The van der Waals surface area contributed by atoms with Gasteiger partial charge in [0.1, 0.15) is 5.75 Å². The smallest absolute Gasteiger partial charge is 0.137 e. The number of hydrogen-bond acceptors (Lipinski definition) is 2. The van der Waals surface area contributed by atoms with E-state index in [-0.39, 0.29) is 11.8 Å². The van der Waals surface area contributed by atoms with E-state index in [0.29, 0.717) is 10.8 Å². The van der Waals surface area contributed by atoms with Crippen LogP contribution in [0.2, 0.25) is 5.02 Å². The van der Waals surface area contributed by atoms with Gasteiger partial charge in [-0.15, -0.1) is 0 Å². The van der Waals surface area contributed by atoms with Gasteiger partial charge in [-0.05, 0) is 23.6 Å². The molecule has 0 aliphatic heterocycles. The molecule has 80 valence electrons. The fourth-order valence-electron chi connectivity index (χ4n) is 1.48. The van der Waals surface area contributed by atoms with Crippen molar-refractivity contribution < 1.29 is 4.74 Å². The summed E-state index contributed by atoms with van der Waals surface area (Å²) in [5, 5.41) is 9.59. The molecule has 1 aromatic rings. The van der Waals surface area contributed by atoms with Crippen molar-refractivity contribution in [2.75, 3.05) is 7.11 Å². The van der Waals surface area contributed by atoms with Crippen LogP contribution in [-0.4, -0.2) is 7.11 Å². The Morgan fingerprint density at radius 3 is 2.47 bits per heavy atom. The lowest BCUT2D eigenvalue weighted by Crippen LogP contribution is -2.04. The monoisotopic (exact) mass is 223 g/mol. The van der Waals surface area contributed by atoms with Gasteiger partial charge in [0.15, 0.2) is 0 Å². The zero-order valence-electron chi connectivity index (χ0n) is 9.12. The van der Waals surface area contributed by atoms with Crippen LogP contribution in [0.4, 0.5) is 0 Å². The average Bonchev–Trinajstić information content (AvgIpc) is 2.18. The van der Waals surface area contributed by atoms with Gasteiger partial charge in [0, 0.05) is 0 Å². The third kappa shape index (κ3) is 2.64. The molecule has 0 aliphatic rings. The van der Waals surface area contributed by atoms with Crippen LogP contribution in [0.3, 0.4) is 0 Å². The van der Waals surface area contributed by atoms with Crippen LogP contribution in [0.5, 0.6) is 5.75 Å². The molecule has 0 aromatic heterocycles. The highest BCUT2D eigenvalue weighted by atomic mass is 35.5. The van der Waals surface area contributed by atoms with Gasteiger partial charge in [-0.25, -0.2) is 0 Å². The summed E-state index contributed by atoms with van der Waals surface area (Å²) in [5.41, 5.74) is 0.943. The minimum Gasteiger partial charge on any atom is -0.495 e. The first-order valence-electron chi connectivity index (χ1n) is 4.83. The number of rotatable bonds is 3. The summed E-state index contributed by atoms with van der Waals surface area (Å²) >= 11 is 6.00. The van der Waals surface area contributed by atoms with Crippen molar-refractivity contribution in [3.8, 4) is 11.8 Å². The van der Waals surface area contributed by atoms with Crippen molar-refractivity contribution in [2.24, 2.45) is 5.92 Å². The SMILES string of the molecule is COc1ccc(C(C#N)C(C)C)cc1Cl. The lowest BCUT2D eigenvalue weighted by molar-refractivity contribution is 0.414. The third-order valence-electron chi connectivity index (χ3n) is 2.34. The molecule has 1 aromatic carbocycles. The Kier molecular flexibility index (Phi) is 3.99. The summed E-state index contributed by atoms with van der Waals surface area (Å²) in [5.74, 6) is 0.800. The van der Waals surface area contributed by atoms with Crippen LogP contribution in [0.1, 0.15) is 25.3 Å². The summed E-state index contributed by atoms with van der Waals surface area (Å²) in [6, 6.07) is 7.77. The minimum atomic E-state index is -0.117. The summed E-state index contributed by atoms with van der Waals surface area (Å²) in [6.07, 6.45) is 0. The summed E-state index contributed by atoms with van der Waals surface area (Å²) in [7, 11) is 1.57. The molecule has 1 unspecified atom stereocenters. The predicted molar refractivity (Wildman–Crippen MR) is 61.2 cm³/mol. The molecular formula is C12H14ClNO. The fraction of sp³-hybridized carbons (Fsp3) is 0.417. The van der Waals surface area contributed by atoms with Gasteiger partial charge in [0.2, 0.25) is 0 Å². The predicted octanol–water partition coefficient (Wildman–Crippen LogP) is 3.61. The molecule has 0 saturated carbocycles. The fourth-order valence-corrected chi connectivity index (χ4v) is 1.75. The van der Waals surface area contributed by atoms with Crippen LogP contribution in [0.25, 0.3) is 0 Å². The molecule has 15 heavy (non-hydrogen) atoms. The van der Waals surface area contributed by atoms with Crippen LogP contribution in [0.15, 0.2) is 18.2 Å². The first kappa shape index (κ1) is 11.9. The lowest BCUT2D eigenvalue weighted by Gasteiger charge is -2.14. The summed E-state index contributed by atoms with van der Waals surface area (Å²) < 4.78 is 5.06. The maximum Gasteiger partial charge on any atom is 0.137 e. The molecule has 2 nitrogen and oxygen atoms in total. The van der Waals surface area contributed by atoms with E-state index in [9.17, 15) is 0 Å². The number of halogens is 1. The Bertz CT molecular complexity index is 382. The van der Waals surface area contributed by atoms with Crippen LogP contribution in [-0.2, 0) is 0 Å². The second-order valence-electron chi connectivity index (χ2n) is 3.74. The normalized spacial score (nSPS) is 12.3. The summed E-state index contributed by atoms with van der Waals surface area (Å²) in [4.78, 5) is 0. The Hall–Kier alpha value is -1.20. The van der Waals surface area contributed by atoms with E-state index in [1.807, 2.05) is 19.9 Å². The number of nitriles is 1. The van der Waals surface area contributed by atoms with Crippen LogP contribution >= 0.6 is 11.6 Å². The van der Waals surface area contributed by atoms with Gasteiger partial charge < -0.3 is 4.74 Å². The number of nitrogens with zero attached hydrogens (tertiary/aromatic N) is 1. The molecule has 0 fully saturated rings. The van der Waals surface area contributed by atoms with Gasteiger partial charge in [-0.3, -0.25) is 0 Å². The average molecular weight is 224 g/mol. The second-order valence-corrected chi connectivity index (χ2v) is 4.15. The molecule has 0 amide bonds. The van der Waals surface area contributed by atoms with E-state index >= 15 is 0 Å². The molecular weight excluding hydrogens is 210 g/mol. The first-order valence-corrected chi connectivity index (χ1v) is 5.21. The number of hydrogen-bond donors (Lipinski definition) is 0. The van der Waals surface area contributed by atoms with E-state index in [2.05, 4.69) is 6.07 Å². The van der Waals surface area contributed by atoms with Crippen LogP contribution < -0.4 is 4.74 Å². The number of ether oxygens (including phenoxy) is 1. The van der Waals surface area contributed by atoms with Crippen molar-refractivity contribution in [1.29, 1.82) is 5.26 Å². The van der Waals surface area contributed by atoms with Crippen molar-refractivity contribution in [2.45, 2.75) is 19.8 Å². The Morgan fingerprint density at radius 2 is 2.07 bits per heavy atom. The molecule has 0 radical (unpaired) electrons. The van der Waals surface area contributed by atoms with E-state index in [4.69, 9.17) is 21.6 Å². The van der Waals surface area contributed by atoms with Crippen molar-refractivity contribution >= 4 is 11.6 Å². The highest BCUT2D eigenvalue weighted by Gasteiger charge is 2.16. The van der Waals surface area contributed by atoms with Crippen molar-refractivity contribution in [3.05, 3.63) is 28.8 Å². The number of benzene rings is 1. The van der Waals surface area contributed by atoms with E-state index < -0.39 is 0 Å². The van der Waals surface area contributed by atoms with Crippen molar-refractivity contribution in [1.82, 2.24) is 0 Å². The van der Waals surface area contributed by atoms with Gasteiger partial charge in [-0.1, -0.05) is 31.5 Å². The maximum absolute atomic E-state index is 9.04. The number of methoxy groups -OCH3 is 1. The Balaban J connectivity index is 3.07. The zero-order chi connectivity index (χ0) is 11.4. The molecule has 0 spiro atoms. The molecule has 1 atom stereocenters. The van der Waals surface area contributed by atoms with Crippen LogP contribution in [0, 0.1) is 17.2 Å². The minimum absolute atomic E-state index is 0.117. The Labute approximate surface area is 95.4 Å². The van der Waals surface area contributed by atoms with E-state index in [1.54, 1.807) is 19.2 Å². The highest BCUT2D eigenvalue weighted by molar-refractivity contribution is 6.32.